The number of amides is 1. The number of nitrogens with zero attached hydrogens (tertiary/aromatic N) is 2. The quantitative estimate of drug-likeness (QED) is 0.653. The molecule has 5 nitrogen and oxygen atoms in total. The number of hydrogen-bond acceptors (Lipinski definition) is 4. The third-order valence-electron chi connectivity index (χ3n) is 4.60. The number of aromatic nitrogens is 1. The van der Waals surface area contributed by atoms with Gasteiger partial charge in [-0.3, -0.25) is 4.79 Å². The van der Waals surface area contributed by atoms with Crippen LogP contribution in [-0.4, -0.2) is 29.1 Å². The lowest BCUT2D eigenvalue weighted by Crippen LogP contribution is -2.32. The van der Waals surface area contributed by atoms with Gasteiger partial charge < -0.3 is 14.2 Å². The highest BCUT2D eigenvalue weighted by Crippen LogP contribution is 2.31. The van der Waals surface area contributed by atoms with Crippen LogP contribution in [0.1, 0.15) is 29.0 Å². The molecule has 1 saturated carbocycles. The topological polar surface area (TPSA) is 55.6 Å². The number of carbonyl (C=O) groups is 1. The maximum Gasteiger partial charge on any atom is 0.293 e. The van der Waals surface area contributed by atoms with E-state index in [2.05, 4.69) is 5.16 Å². The molecule has 1 fully saturated rings. The highest BCUT2D eigenvalue weighted by molar-refractivity contribution is 5.92. The summed E-state index contributed by atoms with van der Waals surface area (Å²) < 4.78 is 23.9. The Hall–Kier alpha value is -3.15. The highest BCUT2D eigenvalue weighted by Gasteiger charge is 2.34. The third kappa shape index (κ3) is 3.84. The number of ether oxygens (including phenoxy) is 1. The number of rotatable bonds is 6. The second kappa shape index (κ2) is 7.23. The Balaban J connectivity index is 1.54. The summed E-state index contributed by atoms with van der Waals surface area (Å²) in [4.78, 5) is 14.8. The van der Waals surface area contributed by atoms with Crippen LogP contribution in [0.5, 0.6) is 5.75 Å². The van der Waals surface area contributed by atoms with E-state index >= 15 is 0 Å². The molecule has 138 valence electrons. The number of benzene rings is 2. The number of carbonyl (C=O) groups excluding carboxylic acids is 1. The Bertz CT molecular complexity index is 948. The normalized spacial score (nSPS) is 13.4. The number of hydrogen-bond donors (Lipinski definition) is 0. The first-order chi connectivity index (χ1) is 13.1. The summed E-state index contributed by atoms with van der Waals surface area (Å²) in [5.74, 6) is 0.374. The zero-order valence-electron chi connectivity index (χ0n) is 14.9. The lowest BCUT2D eigenvalue weighted by molar-refractivity contribution is 0.0687. The van der Waals surface area contributed by atoms with Gasteiger partial charge in [0.25, 0.3) is 5.91 Å². The van der Waals surface area contributed by atoms with E-state index in [1.165, 1.54) is 12.1 Å². The van der Waals surface area contributed by atoms with E-state index in [1.54, 1.807) is 30.2 Å². The molecular weight excluding hydrogens is 347 g/mol. The molecule has 1 heterocycles. The summed E-state index contributed by atoms with van der Waals surface area (Å²) in [7, 11) is 1.62. The van der Waals surface area contributed by atoms with Crippen LogP contribution in [0.3, 0.4) is 0 Å². The maximum atomic E-state index is 13.4. The number of halogens is 1. The van der Waals surface area contributed by atoms with Crippen LogP contribution >= 0.6 is 0 Å². The highest BCUT2D eigenvalue weighted by atomic mass is 19.1. The van der Waals surface area contributed by atoms with E-state index in [9.17, 15) is 9.18 Å². The molecule has 0 N–H and O–H groups in total. The average molecular weight is 366 g/mol. The third-order valence-corrected chi connectivity index (χ3v) is 4.60. The molecule has 0 radical (unpaired) electrons. The molecule has 1 aliphatic rings. The largest absolute Gasteiger partial charge is 0.497 e. The molecule has 6 heteroatoms. The second-order valence-corrected chi connectivity index (χ2v) is 6.60. The van der Waals surface area contributed by atoms with Crippen molar-refractivity contribution in [2.75, 3.05) is 7.11 Å². The SMILES string of the molecule is COc1ccc(CN(C(=O)c2cc(-c3cccc(F)c3)no2)C2CC2)cc1. The lowest BCUT2D eigenvalue weighted by Gasteiger charge is -2.21. The van der Waals surface area contributed by atoms with Crippen LogP contribution in [0.4, 0.5) is 4.39 Å². The summed E-state index contributed by atoms with van der Waals surface area (Å²) >= 11 is 0. The van der Waals surface area contributed by atoms with Crippen molar-refractivity contribution in [2.24, 2.45) is 0 Å². The molecule has 0 spiro atoms. The van der Waals surface area contributed by atoms with E-state index in [4.69, 9.17) is 9.26 Å². The predicted molar refractivity (Wildman–Crippen MR) is 97.8 cm³/mol. The van der Waals surface area contributed by atoms with E-state index < -0.39 is 0 Å². The molecule has 3 aromatic rings. The van der Waals surface area contributed by atoms with Crippen molar-refractivity contribution < 1.29 is 18.4 Å². The van der Waals surface area contributed by atoms with Crippen LogP contribution in [-0.2, 0) is 6.54 Å². The average Bonchev–Trinajstić information content (AvgIpc) is 3.41. The molecular formula is C21H19FN2O3. The van der Waals surface area contributed by atoms with Gasteiger partial charge in [0.2, 0.25) is 5.76 Å². The molecule has 2 aromatic carbocycles. The smallest absolute Gasteiger partial charge is 0.293 e. The first-order valence-electron chi connectivity index (χ1n) is 8.80. The predicted octanol–water partition coefficient (Wildman–Crippen LogP) is 4.29. The van der Waals surface area contributed by atoms with Crippen molar-refractivity contribution >= 4 is 5.91 Å². The second-order valence-electron chi connectivity index (χ2n) is 6.60. The van der Waals surface area contributed by atoms with E-state index in [0.717, 1.165) is 24.2 Å². The van der Waals surface area contributed by atoms with Gasteiger partial charge in [-0.05, 0) is 42.7 Å². The summed E-state index contributed by atoms with van der Waals surface area (Å²) in [6.07, 6.45) is 1.96. The van der Waals surface area contributed by atoms with Crippen molar-refractivity contribution in [3.8, 4) is 17.0 Å². The van der Waals surface area contributed by atoms with Gasteiger partial charge in [-0.2, -0.15) is 0 Å². The van der Waals surface area contributed by atoms with Gasteiger partial charge in [0.05, 0.1) is 7.11 Å². The van der Waals surface area contributed by atoms with Crippen molar-refractivity contribution in [2.45, 2.75) is 25.4 Å². The zero-order chi connectivity index (χ0) is 18.8. The van der Waals surface area contributed by atoms with Crippen molar-refractivity contribution in [1.82, 2.24) is 10.1 Å². The van der Waals surface area contributed by atoms with Gasteiger partial charge in [0, 0.05) is 24.2 Å². The van der Waals surface area contributed by atoms with Crippen LogP contribution in [0, 0.1) is 5.82 Å². The lowest BCUT2D eigenvalue weighted by atomic mass is 10.1. The van der Waals surface area contributed by atoms with Crippen molar-refractivity contribution in [3.63, 3.8) is 0 Å². The Kier molecular flexibility index (Phi) is 4.62. The van der Waals surface area contributed by atoms with E-state index in [0.29, 0.717) is 17.8 Å². The zero-order valence-corrected chi connectivity index (χ0v) is 14.9. The Labute approximate surface area is 156 Å². The molecule has 0 saturated heterocycles. The molecule has 1 aromatic heterocycles. The molecule has 1 amide bonds. The Morgan fingerprint density at radius 2 is 2.00 bits per heavy atom. The molecule has 4 rings (SSSR count). The maximum absolute atomic E-state index is 13.4. The first kappa shape index (κ1) is 17.3. The summed E-state index contributed by atoms with van der Waals surface area (Å²) in [5, 5.41) is 3.93. The standard InChI is InChI=1S/C21H19FN2O3/c1-26-18-9-5-14(6-10-18)13-24(17-7-8-17)21(25)20-12-19(23-27-20)15-3-2-4-16(22)11-15/h2-6,9-12,17H,7-8,13H2,1H3. The molecule has 0 atom stereocenters. The first-order valence-corrected chi connectivity index (χ1v) is 8.80. The fraction of sp³-hybridized carbons (Fsp3) is 0.238. The minimum absolute atomic E-state index is 0.162. The fourth-order valence-electron chi connectivity index (χ4n) is 2.98. The monoisotopic (exact) mass is 366 g/mol. The Morgan fingerprint density at radius 3 is 2.67 bits per heavy atom. The molecule has 27 heavy (non-hydrogen) atoms. The minimum atomic E-state index is -0.359. The van der Waals surface area contributed by atoms with Crippen molar-refractivity contribution in [1.29, 1.82) is 0 Å². The van der Waals surface area contributed by atoms with Crippen LogP contribution < -0.4 is 4.74 Å². The van der Waals surface area contributed by atoms with Gasteiger partial charge in [0.15, 0.2) is 0 Å². The van der Waals surface area contributed by atoms with E-state index in [1.807, 2.05) is 24.3 Å². The molecule has 0 aliphatic heterocycles. The summed E-state index contributed by atoms with van der Waals surface area (Å²) in [6, 6.07) is 15.5. The van der Waals surface area contributed by atoms with Gasteiger partial charge in [-0.15, -0.1) is 0 Å². The minimum Gasteiger partial charge on any atom is -0.497 e. The number of methoxy groups -OCH3 is 1. The van der Waals surface area contributed by atoms with Gasteiger partial charge in [-0.1, -0.05) is 29.4 Å². The van der Waals surface area contributed by atoms with Gasteiger partial charge in [0.1, 0.15) is 17.3 Å². The Morgan fingerprint density at radius 1 is 1.22 bits per heavy atom. The van der Waals surface area contributed by atoms with E-state index in [-0.39, 0.29) is 23.5 Å². The van der Waals surface area contributed by atoms with Gasteiger partial charge in [-0.25, -0.2) is 4.39 Å². The van der Waals surface area contributed by atoms with Crippen molar-refractivity contribution in [3.05, 3.63) is 71.7 Å². The molecule has 0 bridgehead atoms. The van der Waals surface area contributed by atoms with Crippen LogP contribution in [0.2, 0.25) is 0 Å². The van der Waals surface area contributed by atoms with Crippen LogP contribution in [0.15, 0.2) is 59.1 Å². The molecule has 1 aliphatic carbocycles. The molecule has 0 unspecified atom stereocenters. The summed E-state index contributed by atoms with van der Waals surface area (Å²) in [6.45, 7) is 0.490. The summed E-state index contributed by atoms with van der Waals surface area (Å²) in [5.41, 5.74) is 2.03. The van der Waals surface area contributed by atoms with Crippen LogP contribution in [0.25, 0.3) is 11.3 Å². The fourth-order valence-corrected chi connectivity index (χ4v) is 2.98. The van der Waals surface area contributed by atoms with Gasteiger partial charge >= 0.3 is 0 Å².